The van der Waals surface area contributed by atoms with Crippen molar-refractivity contribution in [2.45, 2.75) is 77.2 Å². The predicted molar refractivity (Wildman–Crippen MR) is 115 cm³/mol. The molecule has 0 aliphatic carbocycles. The Labute approximate surface area is 183 Å². The topological polar surface area (TPSA) is 80.4 Å². The molecular weight excluding hydrogens is 408 g/mol. The van der Waals surface area contributed by atoms with Gasteiger partial charge in [0.1, 0.15) is 12.2 Å². The zero-order chi connectivity index (χ0) is 21.7. The van der Waals surface area contributed by atoms with Crippen LogP contribution in [0.3, 0.4) is 0 Å². The quantitative estimate of drug-likeness (QED) is 0.114. The van der Waals surface area contributed by atoms with Crippen molar-refractivity contribution in [2.75, 3.05) is 59.5 Å². The largest absolute Gasteiger partial charge is 0.395 e. The summed E-state index contributed by atoms with van der Waals surface area (Å²) >= 11 is 0. The maximum atomic E-state index is 6.57. The second-order valence-electron chi connectivity index (χ2n) is 7.84. The van der Waals surface area contributed by atoms with Gasteiger partial charge < -0.3 is 37.3 Å². The SMILES string of the molecule is CCOC(CCCCOCC1CO1)(OCC)O[Si](C)(CCCOCC1CO1)OCC. The molecule has 0 bridgehead atoms. The van der Waals surface area contributed by atoms with Crippen LogP contribution in [0.2, 0.25) is 12.6 Å². The third-order valence-electron chi connectivity index (χ3n) is 4.90. The van der Waals surface area contributed by atoms with Crippen LogP contribution in [-0.2, 0) is 37.3 Å². The first kappa shape index (κ1) is 26.2. The van der Waals surface area contributed by atoms with Gasteiger partial charge in [0.25, 0.3) is 5.97 Å². The maximum Gasteiger partial charge on any atom is 0.339 e. The minimum Gasteiger partial charge on any atom is -0.395 e. The van der Waals surface area contributed by atoms with Crippen LogP contribution in [0, 0.1) is 0 Å². The van der Waals surface area contributed by atoms with Crippen molar-refractivity contribution >= 4 is 8.56 Å². The first-order chi connectivity index (χ1) is 14.5. The Morgan fingerprint density at radius 1 is 0.833 bits per heavy atom. The number of unbranched alkanes of at least 4 members (excludes halogenated alkanes) is 1. The Hall–Kier alpha value is -0.103. The predicted octanol–water partition coefficient (Wildman–Crippen LogP) is 3.23. The van der Waals surface area contributed by atoms with Crippen molar-refractivity contribution < 1.29 is 37.3 Å². The fraction of sp³-hybridized carbons (Fsp3) is 1.00. The van der Waals surface area contributed by atoms with Gasteiger partial charge in [-0.25, -0.2) is 0 Å². The molecule has 0 N–H and O–H groups in total. The second-order valence-corrected chi connectivity index (χ2v) is 11.1. The number of hydrogen-bond acceptors (Lipinski definition) is 8. The Bertz CT molecular complexity index is 441. The van der Waals surface area contributed by atoms with E-state index in [0.29, 0.717) is 64.9 Å². The summed E-state index contributed by atoms with van der Waals surface area (Å²) in [5.74, 6) is -1.07. The summed E-state index contributed by atoms with van der Waals surface area (Å²) in [6.07, 6.45) is 3.91. The van der Waals surface area contributed by atoms with E-state index in [0.717, 1.165) is 38.5 Å². The summed E-state index contributed by atoms with van der Waals surface area (Å²) in [4.78, 5) is 0. The average Bonchev–Trinajstić information content (AvgIpc) is 3.60. The normalized spacial score (nSPS) is 22.8. The molecule has 3 atom stereocenters. The van der Waals surface area contributed by atoms with Gasteiger partial charge in [-0.3, -0.25) is 0 Å². The first-order valence-electron chi connectivity index (χ1n) is 11.6. The molecule has 178 valence electrons. The van der Waals surface area contributed by atoms with Crippen LogP contribution in [0.15, 0.2) is 0 Å². The van der Waals surface area contributed by atoms with Crippen LogP contribution in [0.1, 0.15) is 46.5 Å². The number of ether oxygens (including phenoxy) is 6. The summed E-state index contributed by atoms with van der Waals surface area (Å²) in [5.41, 5.74) is 0. The standard InChI is InChI=1S/C21H42O8Si/c1-5-26-21(27-6-2,11-8-9-12-22-15-19-17-24-19)29-30(4,28-7-3)14-10-13-23-16-20-18-25-20/h19-20H,5-18H2,1-4H3. The van der Waals surface area contributed by atoms with Crippen LogP contribution in [0.25, 0.3) is 0 Å². The van der Waals surface area contributed by atoms with Crippen molar-refractivity contribution in [3.05, 3.63) is 0 Å². The number of epoxide rings is 2. The molecule has 0 radical (unpaired) electrons. The highest BCUT2D eigenvalue weighted by atomic mass is 28.4. The summed E-state index contributed by atoms with van der Waals surface area (Å²) in [5, 5.41) is 0. The molecule has 0 saturated carbocycles. The summed E-state index contributed by atoms with van der Waals surface area (Å²) in [6, 6.07) is 0.818. The van der Waals surface area contributed by atoms with E-state index in [9.17, 15) is 0 Å². The van der Waals surface area contributed by atoms with Crippen molar-refractivity contribution in [1.29, 1.82) is 0 Å². The molecule has 2 rings (SSSR count). The highest BCUT2D eigenvalue weighted by Gasteiger charge is 2.43. The molecule has 0 spiro atoms. The molecule has 0 aromatic heterocycles. The van der Waals surface area contributed by atoms with Crippen LogP contribution < -0.4 is 0 Å². The molecule has 0 aromatic rings. The lowest BCUT2D eigenvalue weighted by Gasteiger charge is -2.40. The third-order valence-corrected chi connectivity index (χ3v) is 7.81. The molecule has 2 fully saturated rings. The van der Waals surface area contributed by atoms with Crippen LogP contribution >= 0.6 is 0 Å². The maximum absolute atomic E-state index is 6.57. The van der Waals surface area contributed by atoms with Gasteiger partial charge in [-0.1, -0.05) is 0 Å². The number of hydrogen-bond donors (Lipinski definition) is 0. The Balaban J connectivity index is 1.81. The molecule has 30 heavy (non-hydrogen) atoms. The van der Waals surface area contributed by atoms with E-state index in [1.165, 1.54) is 0 Å². The highest BCUT2D eigenvalue weighted by molar-refractivity contribution is 6.66. The lowest BCUT2D eigenvalue weighted by molar-refractivity contribution is -0.353. The second kappa shape index (κ2) is 14.1. The van der Waals surface area contributed by atoms with Crippen LogP contribution in [0.5, 0.6) is 0 Å². The average molecular weight is 451 g/mol. The lowest BCUT2D eigenvalue weighted by atomic mass is 10.2. The molecule has 2 aliphatic heterocycles. The van der Waals surface area contributed by atoms with Crippen LogP contribution in [0.4, 0.5) is 0 Å². The van der Waals surface area contributed by atoms with Crippen LogP contribution in [-0.4, -0.2) is 86.2 Å². The van der Waals surface area contributed by atoms with E-state index in [2.05, 4.69) is 6.55 Å². The zero-order valence-electron chi connectivity index (χ0n) is 19.3. The van der Waals surface area contributed by atoms with E-state index in [1.807, 2.05) is 20.8 Å². The molecule has 8 nitrogen and oxygen atoms in total. The Kier molecular flexibility index (Phi) is 12.3. The molecule has 2 heterocycles. The van der Waals surface area contributed by atoms with E-state index < -0.39 is 14.5 Å². The van der Waals surface area contributed by atoms with Crippen molar-refractivity contribution in [3.8, 4) is 0 Å². The van der Waals surface area contributed by atoms with Gasteiger partial charge in [0.05, 0.1) is 26.4 Å². The number of rotatable bonds is 21. The zero-order valence-corrected chi connectivity index (χ0v) is 20.3. The van der Waals surface area contributed by atoms with E-state index in [-0.39, 0.29) is 0 Å². The first-order valence-corrected chi connectivity index (χ1v) is 14.1. The Morgan fingerprint density at radius 3 is 1.90 bits per heavy atom. The van der Waals surface area contributed by atoms with E-state index in [1.54, 1.807) is 0 Å². The van der Waals surface area contributed by atoms with E-state index in [4.69, 9.17) is 37.3 Å². The van der Waals surface area contributed by atoms with Gasteiger partial charge in [0.2, 0.25) is 0 Å². The Morgan fingerprint density at radius 2 is 1.40 bits per heavy atom. The molecule has 3 unspecified atom stereocenters. The fourth-order valence-electron chi connectivity index (χ4n) is 3.32. The van der Waals surface area contributed by atoms with Gasteiger partial charge >= 0.3 is 8.56 Å². The molecule has 0 aromatic carbocycles. The lowest BCUT2D eigenvalue weighted by Crippen LogP contribution is -2.52. The molecule has 0 amide bonds. The summed E-state index contributed by atoms with van der Waals surface area (Å²) < 4.78 is 46.4. The minimum atomic E-state index is -2.51. The van der Waals surface area contributed by atoms with E-state index >= 15 is 0 Å². The van der Waals surface area contributed by atoms with Gasteiger partial charge in [0, 0.05) is 39.5 Å². The molecule has 2 aliphatic rings. The molecule has 2 saturated heterocycles. The monoisotopic (exact) mass is 450 g/mol. The minimum absolute atomic E-state index is 0.293. The van der Waals surface area contributed by atoms with Gasteiger partial charge in [0.15, 0.2) is 0 Å². The highest BCUT2D eigenvalue weighted by Crippen LogP contribution is 2.30. The van der Waals surface area contributed by atoms with Crippen molar-refractivity contribution in [3.63, 3.8) is 0 Å². The van der Waals surface area contributed by atoms with Crippen molar-refractivity contribution in [2.24, 2.45) is 0 Å². The van der Waals surface area contributed by atoms with Gasteiger partial charge in [-0.05, 0) is 52.6 Å². The summed E-state index contributed by atoms with van der Waals surface area (Å²) in [6.45, 7) is 14.0. The smallest absolute Gasteiger partial charge is 0.339 e. The van der Waals surface area contributed by atoms with Crippen molar-refractivity contribution in [1.82, 2.24) is 0 Å². The summed E-state index contributed by atoms with van der Waals surface area (Å²) in [7, 11) is -2.51. The van der Waals surface area contributed by atoms with Gasteiger partial charge in [-0.15, -0.1) is 0 Å². The molecule has 9 heteroatoms. The molecular formula is C21H42O8Si. The fourth-order valence-corrected chi connectivity index (χ4v) is 5.90. The van der Waals surface area contributed by atoms with Gasteiger partial charge in [-0.2, -0.15) is 0 Å². The third kappa shape index (κ3) is 11.0.